The Morgan fingerprint density at radius 2 is 1.93 bits per heavy atom. The van der Waals surface area contributed by atoms with E-state index in [1.807, 2.05) is 31.2 Å². The van der Waals surface area contributed by atoms with E-state index in [1.54, 1.807) is 29.2 Å². The first-order chi connectivity index (χ1) is 14.5. The molecule has 1 saturated heterocycles. The second kappa shape index (κ2) is 8.89. The van der Waals surface area contributed by atoms with E-state index in [9.17, 15) is 9.59 Å². The molecular formula is C21H19ClN4O3S. The fraction of sp³-hybridized carbons (Fsp3) is 0.238. The van der Waals surface area contributed by atoms with Crippen molar-refractivity contribution in [2.24, 2.45) is 0 Å². The first-order valence-corrected chi connectivity index (χ1v) is 10.7. The molecule has 1 N–H and O–H groups in total. The van der Waals surface area contributed by atoms with Crippen molar-refractivity contribution in [1.29, 1.82) is 0 Å². The number of anilines is 2. The monoisotopic (exact) mass is 442 g/mol. The van der Waals surface area contributed by atoms with Crippen LogP contribution in [0.3, 0.4) is 0 Å². The van der Waals surface area contributed by atoms with Crippen LogP contribution >= 0.6 is 23.4 Å². The highest BCUT2D eigenvalue weighted by atomic mass is 35.5. The van der Waals surface area contributed by atoms with Crippen molar-refractivity contribution in [3.63, 3.8) is 0 Å². The van der Waals surface area contributed by atoms with Crippen LogP contribution in [0.4, 0.5) is 11.4 Å². The summed E-state index contributed by atoms with van der Waals surface area (Å²) in [5, 5.41) is 11.8. The second-order valence-electron chi connectivity index (χ2n) is 6.99. The van der Waals surface area contributed by atoms with Crippen LogP contribution in [0.2, 0.25) is 5.02 Å². The predicted molar refractivity (Wildman–Crippen MR) is 116 cm³/mol. The molecule has 7 nitrogen and oxygen atoms in total. The van der Waals surface area contributed by atoms with Crippen LogP contribution in [0.5, 0.6) is 0 Å². The second-order valence-corrected chi connectivity index (χ2v) is 8.35. The molecule has 0 bridgehead atoms. The zero-order valence-electron chi connectivity index (χ0n) is 16.2. The number of carbonyl (C=O) groups excluding carboxylic acids is 2. The van der Waals surface area contributed by atoms with Gasteiger partial charge in [0, 0.05) is 29.4 Å². The number of amides is 2. The SMILES string of the molecule is Cc1ccc(N2C[C@H](c3nnc(SCC(=O)Nc4ccc(Cl)cc4)o3)CC2=O)cc1. The molecule has 1 aliphatic heterocycles. The summed E-state index contributed by atoms with van der Waals surface area (Å²) in [6, 6.07) is 14.7. The van der Waals surface area contributed by atoms with Crippen molar-refractivity contribution < 1.29 is 14.0 Å². The summed E-state index contributed by atoms with van der Waals surface area (Å²) in [6.45, 7) is 2.50. The van der Waals surface area contributed by atoms with Crippen molar-refractivity contribution >= 4 is 46.6 Å². The Bertz CT molecular complexity index is 1050. The number of hydrogen-bond donors (Lipinski definition) is 1. The van der Waals surface area contributed by atoms with Gasteiger partial charge >= 0.3 is 0 Å². The van der Waals surface area contributed by atoms with Crippen LogP contribution in [0.25, 0.3) is 0 Å². The van der Waals surface area contributed by atoms with E-state index in [2.05, 4.69) is 15.5 Å². The first kappa shape index (κ1) is 20.4. The molecule has 0 aliphatic carbocycles. The summed E-state index contributed by atoms with van der Waals surface area (Å²) < 4.78 is 5.70. The first-order valence-electron chi connectivity index (χ1n) is 9.36. The zero-order valence-corrected chi connectivity index (χ0v) is 17.7. The van der Waals surface area contributed by atoms with Crippen LogP contribution in [-0.2, 0) is 9.59 Å². The normalized spacial score (nSPS) is 16.1. The number of nitrogens with one attached hydrogen (secondary N) is 1. The van der Waals surface area contributed by atoms with E-state index in [1.165, 1.54) is 0 Å². The minimum absolute atomic E-state index is 0.0265. The van der Waals surface area contributed by atoms with Gasteiger partial charge < -0.3 is 14.6 Å². The average Bonchev–Trinajstić information content (AvgIpc) is 3.35. The van der Waals surface area contributed by atoms with Gasteiger partial charge in [0.05, 0.1) is 11.7 Å². The van der Waals surface area contributed by atoms with Gasteiger partial charge in [-0.1, -0.05) is 41.1 Å². The van der Waals surface area contributed by atoms with Crippen LogP contribution in [0.1, 0.15) is 23.8 Å². The van der Waals surface area contributed by atoms with E-state index in [4.69, 9.17) is 16.0 Å². The molecule has 1 atom stereocenters. The maximum atomic E-state index is 12.4. The summed E-state index contributed by atoms with van der Waals surface area (Å²) in [4.78, 5) is 26.3. The molecular weight excluding hydrogens is 424 g/mol. The number of rotatable bonds is 6. The maximum Gasteiger partial charge on any atom is 0.277 e. The number of benzene rings is 2. The van der Waals surface area contributed by atoms with Gasteiger partial charge in [-0.05, 0) is 43.3 Å². The molecule has 0 unspecified atom stereocenters. The molecule has 1 fully saturated rings. The van der Waals surface area contributed by atoms with Gasteiger partial charge in [0.1, 0.15) is 0 Å². The lowest BCUT2D eigenvalue weighted by Crippen LogP contribution is -2.24. The van der Waals surface area contributed by atoms with Gasteiger partial charge in [-0.2, -0.15) is 0 Å². The molecule has 1 aromatic heterocycles. The summed E-state index contributed by atoms with van der Waals surface area (Å²) in [5.74, 6) is 0.216. The minimum Gasteiger partial charge on any atom is -0.416 e. The molecule has 4 rings (SSSR count). The standard InChI is InChI=1S/C21H19ClN4O3S/c1-13-2-8-17(9-3-13)26-11-14(10-19(26)28)20-24-25-21(29-20)30-12-18(27)23-16-6-4-15(22)5-7-16/h2-9,14H,10-12H2,1H3,(H,23,27)/t14-/m1/s1. The highest BCUT2D eigenvalue weighted by Gasteiger charge is 2.35. The van der Waals surface area contributed by atoms with Gasteiger partial charge in [0.25, 0.3) is 5.22 Å². The highest BCUT2D eigenvalue weighted by Crippen LogP contribution is 2.32. The lowest BCUT2D eigenvalue weighted by atomic mass is 10.1. The molecule has 154 valence electrons. The van der Waals surface area contributed by atoms with E-state index >= 15 is 0 Å². The number of halogens is 1. The Morgan fingerprint density at radius 1 is 1.20 bits per heavy atom. The maximum absolute atomic E-state index is 12.4. The molecule has 0 spiro atoms. The van der Waals surface area contributed by atoms with E-state index < -0.39 is 0 Å². The Labute approximate surface area is 182 Å². The van der Waals surface area contributed by atoms with Gasteiger partial charge in [0.2, 0.25) is 17.7 Å². The van der Waals surface area contributed by atoms with Gasteiger partial charge in [-0.3, -0.25) is 9.59 Å². The predicted octanol–water partition coefficient (Wildman–Crippen LogP) is 4.28. The largest absolute Gasteiger partial charge is 0.416 e. The summed E-state index contributed by atoms with van der Waals surface area (Å²) >= 11 is 6.99. The number of thioether (sulfide) groups is 1. The summed E-state index contributed by atoms with van der Waals surface area (Å²) in [5.41, 5.74) is 2.67. The third-order valence-corrected chi connectivity index (χ3v) is 5.77. The third-order valence-electron chi connectivity index (χ3n) is 4.70. The van der Waals surface area contributed by atoms with Crippen molar-refractivity contribution in [1.82, 2.24) is 10.2 Å². The average molecular weight is 443 g/mol. The number of hydrogen-bond acceptors (Lipinski definition) is 6. The van der Waals surface area contributed by atoms with Crippen molar-refractivity contribution in [2.75, 3.05) is 22.5 Å². The lowest BCUT2D eigenvalue weighted by molar-refractivity contribution is -0.117. The molecule has 2 heterocycles. The van der Waals surface area contributed by atoms with Crippen molar-refractivity contribution in [3.05, 3.63) is 65.0 Å². The summed E-state index contributed by atoms with van der Waals surface area (Å²) in [7, 11) is 0. The molecule has 1 aliphatic rings. The Morgan fingerprint density at radius 3 is 2.67 bits per heavy atom. The number of carbonyl (C=O) groups is 2. The van der Waals surface area contributed by atoms with Gasteiger partial charge in [-0.15, -0.1) is 10.2 Å². The zero-order chi connectivity index (χ0) is 21.1. The molecule has 2 aromatic carbocycles. The number of nitrogens with zero attached hydrogens (tertiary/aromatic N) is 3. The van der Waals surface area contributed by atoms with E-state index in [-0.39, 0.29) is 23.5 Å². The highest BCUT2D eigenvalue weighted by molar-refractivity contribution is 7.99. The van der Waals surface area contributed by atoms with E-state index in [0.717, 1.165) is 23.0 Å². The Balaban J connectivity index is 1.32. The van der Waals surface area contributed by atoms with Gasteiger partial charge in [-0.25, -0.2) is 0 Å². The molecule has 0 saturated carbocycles. The van der Waals surface area contributed by atoms with Crippen LogP contribution in [-0.4, -0.2) is 34.3 Å². The number of aryl methyl sites for hydroxylation is 1. The molecule has 30 heavy (non-hydrogen) atoms. The van der Waals surface area contributed by atoms with Crippen LogP contribution in [0.15, 0.2) is 58.2 Å². The molecule has 0 radical (unpaired) electrons. The van der Waals surface area contributed by atoms with Crippen LogP contribution < -0.4 is 10.2 Å². The third kappa shape index (κ3) is 4.83. The Hall–Kier alpha value is -2.84. The summed E-state index contributed by atoms with van der Waals surface area (Å²) in [6.07, 6.45) is 0.317. The van der Waals surface area contributed by atoms with Gasteiger partial charge in [0.15, 0.2) is 0 Å². The smallest absolute Gasteiger partial charge is 0.277 e. The van der Waals surface area contributed by atoms with Crippen molar-refractivity contribution in [2.45, 2.75) is 24.5 Å². The van der Waals surface area contributed by atoms with Crippen LogP contribution in [0, 0.1) is 6.92 Å². The lowest BCUT2D eigenvalue weighted by Gasteiger charge is -2.16. The fourth-order valence-corrected chi connectivity index (χ4v) is 3.84. The quantitative estimate of drug-likeness (QED) is 0.573. The van der Waals surface area contributed by atoms with E-state index in [0.29, 0.717) is 34.8 Å². The fourth-order valence-electron chi connectivity index (χ4n) is 3.15. The molecule has 9 heteroatoms. The van der Waals surface area contributed by atoms with Crippen molar-refractivity contribution in [3.8, 4) is 0 Å². The minimum atomic E-state index is -0.191. The number of aromatic nitrogens is 2. The Kier molecular flexibility index (Phi) is 6.06. The molecule has 3 aromatic rings. The molecule has 2 amide bonds. The topological polar surface area (TPSA) is 88.3 Å².